The van der Waals surface area contributed by atoms with E-state index in [-0.39, 0.29) is 16.6 Å². The second-order valence-electron chi connectivity index (χ2n) is 8.76. The van der Waals surface area contributed by atoms with Gasteiger partial charge >= 0.3 is 5.97 Å². The lowest BCUT2D eigenvalue weighted by Crippen LogP contribution is -2.20. The van der Waals surface area contributed by atoms with Gasteiger partial charge in [0.1, 0.15) is 5.78 Å². The van der Waals surface area contributed by atoms with Crippen molar-refractivity contribution in [1.82, 2.24) is 0 Å². The maximum atomic E-state index is 11.6. The summed E-state index contributed by atoms with van der Waals surface area (Å²) in [5, 5.41) is 9.22. The van der Waals surface area contributed by atoms with Crippen LogP contribution < -0.4 is 0 Å². The van der Waals surface area contributed by atoms with Crippen molar-refractivity contribution in [2.75, 3.05) is 0 Å². The van der Waals surface area contributed by atoms with Crippen molar-refractivity contribution in [1.29, 1.82) is 0 Å². The van der Waals surface area contributed by atoms with E-state index in [0.29, 0.717) is 0 Å². The zero-order valence-corrected chi connectivity index (χ0v) is 16.6. The third kappa shape index (κ3) is 5.96. The Morgan fingerprint density at radius 2 is 1.62 bits per heavy atom. The number of hydrogen-bond donors (Lipinski definition) is 1. The van der Waals surface area contributed by atoms with Crippen LogP contribution in [-0.4, -0.2) is 16.9 Å². The SMILES string of the molecule is CC(=O)C(C)(C)CCCCc1cccc(CCCCC2(C(=O)O)CC2)c1. The van der Waals surface area contributed by atoms with Gasteiger partial charge in [-0.25, -0.2) is 0 Å². The molecule has 0 amide bonds. The molecule has 1 aliphatic carbocycles. The molecule has 1 fully saturated rings. The molecule has 0 saturated heterocycles. The van der Waals surface area contributed by atoms with Gasteiger partial charge in [0.15, 0.2) is 0 Å². The monoisotopic (exact) mass is 358 g/mol. The van der Waals surface area contributed by atoms with Crippen molar-refractivity contribution in [2.24, 2.45) is 10.8 Å². The Kier molecular flexibility index (Phi) is 7.02. The average Bonchev–Trinajstić information content (AvgIpc) is 3.37. The van der Waals surface area contributed by atoms with Crippen molar-refractivity contribution in [2.45, 2.75) is 85.0 Å². The molecular weight excluding hydrogens is 324 g/mol. The van der Waals surface area contributed by atoms with Gasteiger partial charge in [0, 0.05) is 5.41 Å². The molecule has 0 aromatic heterocycles. The molecule has 1 aromatic carbocycles. The maximum Gasteiger partial charge on any atom is 0.309 e. The van der Waals surface area contributed by atoms with E-state index in [9.17, 15) is 14.7 Å². The summed E-state index contributed by atoms with van der Waals surface area (Å²) >= 11 is 0. The van der Waals surface area contributed by atoms with Crippen molar-refractivity contribution >= 4 is 11.8 Å². The first-order valence-corrected chi connectivity index (χ1v) is 10.1. The Morgan fingerprint density at radius 3 is 2.12 bits per heavy atom. The fourth-order valence-corrected chi connectivity index (χ4v) is 3.53. The van der Waals surface area contributed by atoms with Crippen molar-refractivity contribution in [3.8, 4) is 0 Å². The standard InChI is InChI=1S/C23H34O3/c1-18(24)22(2,3)13-6-4-9-19-11-8-12-20(17-19)10-5-7-14-23(15-16-23)21(25)26/h8,11-12,17H,4-7,9-10,13-16H2,1-3H3,(H,25,26). The van der Waals surface area contributed by atoms with E-state index in [1.54, 1.807) is 6.92 Å². The highest BCUT2D eigenvalue weighted by atomic mass is 16.4. The highest BCUT2D eigenvalue weighted by Crippen LogP contribution is 2.50. The van der Waals surface area contributed by atoms with Gasteiger partial charge in [-0.2, -0.15) is 0 Å². The van der Waals surface area contributed by atoms with Crippen LogP contribution in [0.1, 0.15) is 83.3 Å². The number of rotatable bonds is 12. The quantitative estimate of drug-likeness (QED) is 0.495. The molecule has 0 unspecified atom stereocenters. The lowest BCUT2D eigenvalue weighted by atomic mass is 9.83. The zero-order chi connectivity index (χ0) is 19.2. The number of Topliss-reactive ketones (excluding diaryl/α,β-unsaturated/α-hetero) is 1. The molecule has 3 heteroatoms. The lowest BCUT2D eigenvalue weighted by Gasteiger charge is -2.20. The topological polar surface area (TPSA) is 54.4 Å². The number of ketones is 1. The van der Waals surface area contributed by atoms with Crippen LogP contribution in [0, 0.1) is 10.8 Å². The van der Waals surface area contributed by atoms with Crippen molar-refractivity contribution in [3.05, 3.63) is 35.4 Å². The Hall–Kier alpha value is -1.64. The number of benzene rings is 1. The molecule has 1 aromatic rings. The van der Waals surface area contributed by atoms with Gasteiger partial charge in [0.25, 0.3) is 0 Å². The van der Waals surface area contributed by atoms with E-state index in [2.05, 4.69) is 24.3 Å². The van der Waals surface area contributed by atoms with E-state index in [0.717, 1.165) is 64.2 Å². The molecule has 0 bridgehead atoms. The number of carbonyl (C=O) groups is 2. The summed E-state index contributed by atoms with van der Waals surface area (Å²) in [5.74, 6) is -0.331. The normalized spacial score (nSPS) is 15.7. The fraction of sp³-hybridized carbons (Fsp3) is 0.652. The first kappa shape index (κ1) is 20.7. The Morgan fingerprint density at radius 1 is 1.04 bits per heavy atom. The summed E-state index contributed by atoms with van der Waals surface area (Å²) in [6.07, 6.45) is 9.83. The van der Waals surface area contributed by atoms with E-state index < -0.39 is 5.97 Å². The van der Waals surface area contributed by atoms with Crippen molar-refractivity contribution < 1.29 is 14.7 Å². The van der Waals surface area contributed by atoms with E-state index in [1.165, 1.54) is 11.1 Å². The average molecular weight is 359 g/mol. The van der Waals surface area contributed by atoms with Gasteiger partial charge in [0.2, 0.25) is 0 Å². The number of aliphatic carboxylic acids is 1. The Balaban J connectivity index is 1.69. The van der Waals surface area contributed by atoms with Crippen LogP contribution in [0.25, 0.3) is 0 Å². The van der Waals surface area contributed by atoms with Crippen LogP contribution in [0.15, 0.2) is 24.3 Å². The van der Waals surface area contributed by atoms with E-state index in [4.69, 9.17) is 0 Å². The molecule has 1 N–H and O–H groups in total. The van der Waals surface area contributed by atoms with Crippen LogP contribution in [0.4, 0.5) is 0 Å². The molecule has 1 aliphatic rings. The smallest absolute Gasteiger partial charge is 0.309 e. The largest absolute Gasteiger partial charge is 0.481 e. The Bertz CT molecular complexity index is 587. The van der Waals surface area contributed by atoms with Crippen LogP contribution in [0.5, 0.6) is 0 Å². The summed E-state index contributed by atoms with van der Waals surface area (Å²) < 4.78 is 0. The number of carbonyl (C=O) groups excluding carboxylic acids is 1. The van der Waals surface area contributed by atoms with E-state index >= 15 is 0 Å². The minimum atomic E-state index is -0.604. The third-order valence-corrected chi connectivity index (χ3v) is 6.14. The Labute approximate surface area is 158 Å². The van der Waals surface area contributed by atoms with Gasteiger partial charge < -0.3 is 5.11 Å². The van der Waals surface area contributed by atoms with Crippen LogP contribution in [0.3, 0.4) is 0 Å². The molecule has 144 valence electrons. The molecule has 0 atom stereocenters. The minimum Gasteiger partial charge on any atom is -0.481 e. The summed E-state index contributed by atoms with van der Waals surface area (Å²) in [7, 11) is 0. The predicted octanol–water partition coefficient (Wildman–Crippen LogP) is 5.59. The molecule has 1 saturated carbocycles. The third-order valence-electron chi connectivity index (χ3n) is 6.14. The maximum absolute atomic E-state index is 11.6. The number of aryl methyl sites for hydroxylation is 2. The summed E-state index contributed by atoms with van der Waals surface area (Å²) in [4.78, 5) is 22.8. The number of unbranched alkanes of at least 4 members (excludes halogenated alkanes) is 2. The lowest BCUT2D eigenvalue weighted by molar-refractivity contribution is -0.143. The number of carboxylic acids is 1. The summed E-state index contributed by atoms with van der Waals surface area (Å²) in [6.45, 7) is 5.75. The molecule has 0 heterocycles. The highest BCUT2D eigenvalue weighted by molar-refractivity contribution is 5.81. The van der Waals surface area contributed by atoms with Crippen molar-refractivity contribution in [3.63, 3.8) is 0 Å². The molecular formula is C23H34O3. The fourth-order valence-electron chi connectivity index (χ4n) is 3.53. The van der Waals surface area contributed by atoms with Gasteiger partial charge in [-0.05, 0) is 69.4 Å². The van der Waals surface area contributed by atoms with Crippen LogP contribution in [-0.2, 0) is 22.4 Å². The number of carboxylic acid groups (broad SMARTS) is 1. The van der Waals surface area contributed by atoms with Gasteiger partial charge in [-0.15, -0.1) is 0 Å². The molecule has 0 radical (unpaired) electrons. The minimum absolute atomic E-state index is 0.198. The zero-order valence-electron chi connectivity index (χ0n) is 16.6. The van der Waals surface area contributed by atoms with E-state index in [1.807, 2.05) is 13.8 Å². The second kappa shape index (κ2) is 8.83. The second-order valence-corrected chi connectivity index (χ2v) is 8.76. The van der Waals surface area contributed by atoms with Gasteiger partial charge in [-0.1, -0.05) is 51.0 Å². The van der Waals surface area contributed by atoms with Crippen LogP contribution >= 0.6 is 0 Å². The molecule has 0 spiro atoms. The molecule has 26 heavy (non-hydrogen) atoms. The van der Waals surface area contributed by atoms with Gasteiger partial charge in [-0.3, -0.25) is 9.59 Å². The summed E-state index contributed by atoms with van der Waals surface area (Å²) in [6, 6.07) is 8.78. The predicted molar refractivity (Wildman–Crippen MR) is 105 cm³/mol. The first-order valence-electron chi connectivity index (χ1n) is 10.1. The summed E-state index contributed by atoms with van der Waals surface area (Å²) in [5.41, 5.74) is 2.14. The molecule has 2 rings (SSSR count). The van der Waals surface area contributed by atoms with Crippen LogP contribution in [0.2, 0.25) is 0 Å². The first-order chi connectivity index (χ1) is 12.3. The molecule has 0 aliphatic heterocycles. The molecule has 3 nitrogen and oxygen atoms in total. The highest BCUT2D eigenvalue weighted by Gasteiger charge is 2.49. The van der Waals surface area contributed by atoms with Gasteiger partial charge in [0.05, 0.1) is 5.41 Å². The number of hydrogen-bond acceptors (Lipinski definition) is 2.